The fourth-order valence-corrected chi connectivity index (χ4v) is 2.02. The van der Waals surface area contributed by atoms with E-state index in [0.717, 1.165) is 17.9 Å². The SMILES string of the molecule is CN(C)C(=S)Nc1ccc2c(c1)OC(C)(C)C2. The molecule has 1 N–H and O–H groups in total. The van der Waals surface area contributed by atoms with E-state index in [-0.39, 0.29) is 5.60 Å². The maximum atomic E-state index is 5.88. The van der Waals surface area contributed by atoms with Crippen LogP contribution in [0.3, 0.4) is 0 Å². The van der Waals surface area contributed by atoms with Crippen molar-refractivity contribution in [3.8, 4) is 5.75 Å². The van der Waals surface area contributed by atoms with Gasteiger partial charge >= 0.3 is 0 Å². The fourth-order valence-electron chi connectivity index (χ4n) is 1.90. The summed E-state index contributed by atoms with van der Waals surface area (Å²) in [5.74, 6) is 0.960. The first kappa shape index (κ1) is 12.2. The smallest absolute Gasteiger partial charge is 0.172 e. The molecule has 1 aliphatic heterocycles. The minimum absolute atomic E-state index is 0.0942. The molecule has 17 heavy (non-hydrogen) atoms. The number of benzene rings is 1. The van der Waals surface area contributed by atoms with Crippen molar-refractivity contribution in [3.05, 3.63) is 23.8 Å². The van der Waals surface area contributed by atoms with Crippen LogP contribution in [-0.2, 0) is 6.42 Å². The zero-order valence-corrected chi connectivity index (χ0v) is 11.5. The Morgan fingerprint density at radius 3 is 2.76 bits per heavy atom. The lowest BCUT2D eigenvalue weighted by Crippen LogP contribution is -2.27. The van der Waals surface area contributed by atoms with E-state index in [1.807, 2.05) is 31.1 Å². The first-order chi connectivity index (χ1) is 7.87. The first-order valence-corrected chi connectivity index (χ1v) is 6.08. The molecule has 2 rings (SSSR count). The van der Waals surface area contributed by atoms with Crippen molar-refractivity contribution in [1.82, 2.24) is 4.90 Å². The van der Waals surface area contributed by atoms with Gasteiger partial charge in [0.15, 0.2) is 5.11 Å². The molecule has 1 aliphatic rings. The average molecular weight is 250 g/mol. The van der Waals surface area contributed by atoms with Crippen LogP contribution in [0, 0.1) is 0 Å². The molecule has 3 nitrogen and oxygen atoms in total. The largest absolute Gasteiger partial charge is 0.487 e. The van der Waals surface area contributed by atoms with Crippen molar-refractivity contribution in [2.75, 3.05) is 19.4 Å². The Kier molecular flexibility index (Phi) is 3.00. The van der Waals surface area contributed by atoms with Gasteiger partial charge in [-0.1, -0.05) is 6.07 Å². The number of anilines is 1. The molecule has 0 aromatic heterocycles. The van der Waals surface area contributed by atoms with Crippen LogP contribution in [0.5, 0.6) is 5.75 Å². The molecular weight excluding hydrogens is 232 g/mol. The van der Waals surface area contributed by atoms with Gasteiger partial charge in [-0.3, -0.25) is 0 Å². The summed E-state index contributed by atoms with van der Waals surface area (Å²) in [5.41, 5.74) is 2.14. The molecule has 0 saturated heterocycles. The van der Waals surface area contributed by atoms with Crippen molar-refractivity contribution >= 4 is 23.0 Å². The van der Waals surface area contributed by atoms with Crippen LogP contribution in [0.1, 0.15) is 19.4 Å². The predicted octanol–water partition coefficient (Wildman–Crippen LogP) is 2.66. The van der Waals surface area contributed by atoms with E-state index in [0.29, 0.717) is 5.11 Å². The summed E-state index contributed by atoms with van der Waals surface area (Å²) >= 11 is 5.21. The van der Waals surface area contributed by atoms with Gasteiger partial charge in [0.1, 0.15) is 11.4 Å². The van der Waals surface area contributed by atoms with Crippen molar-refractivity contribution in [2.24, 2.45) is 0 Å². The second-order valence-electron chi connectivity index (χ2n) is 5.19. The highest BCUT2D eigenvalue weighted by atomic mass is 32.1. The fraction of sp³-hybridized carbons (Fsp3) is 0.462. The van der Waals surface area contributed by atoms with Crippen molar-refractivity contribution in [1.29, 1.82) is 0 Å². The second-order valence-corrected chi connectivity index (χ2v) is 5.57. The van der Waals surface area contributed by atoms with Gasteiger partial charge in [0.25, 0.3) is 0 Å². The summed E-state index contributed by atoms with van der Waals surface area (Å²) in [6.07, 6.45) is 0.959. The highest BCUT2D eigenvalue weighted by Crippen LogP contribution is 2.36. The quantitative estimate of drug-likeness (QED) is 0.774. The molecule has 0 amide bonds. The highest BCUT2D eigenvalue weighted by Gasteiger charge is 2.29. The molecule has 0 fully saturated rings. The number of nitrogens with zero attached hydrogens (tertiary/aromatic N) is 1. The topological polar surface area (TPSA) is 24.5 Å². The number of hydrogen-bond acceptors (Lipinski definition) is 2. The number of rotatable bonds is 1. The molecule has 0 spiro atoms. The number of hydrogen-bond donors (Lipinski definition) is 1. The van der Waals surface area contributed by atoms with E-state index in [9.17, 15) is 0 Å². The summed E-state index contributed by atoms with van der Waals surface area (Å²) in [6, 6.07) is 6.16. The molecule has 4 heteroatoms. The lowest BCUT2D eigenvalue weighted by Gasteiger charge is -2.17. The Morgan fingerprint density at radius 1 is 1.41 bits per heavy atom. The van der Waals surface area contributed by atoms with Crippen molar-refractivity contribution in [2.45, 2.75) is 25.9 Å². The van der Waals surface area contributed by atoms with Gasteiger partial charge in [0, 0.05) is 32.3 Å². The van der Waals surface area contributed by atoms with Crippen LogP contribution in [0.15, 0.2) is 18.2 Å². The standard InChI is InChI=1S/C13H18N2OS/c1-13(2)8-9-5-6-10(7-11(9)16-13)14-12(17)15(3)4/h5-7H,8H2,1-4H3,(H,14,17). The van der Waals surface area contributed by atoms with Crippen LogP contribution < -0.4 is 10.1 Å². The van der Waals surface area contributed by atoms with E-state index in [4.69, 9.17) is 17.0 Å². The number of thiocarbonyl (C=S) groups is 1. The lowest BCUT2D eigenvalue weighted by atomic mass is 10.0. The highest BCUT2D eigenvalue weighted by molar-refractivity contribution is 7.80. The van der Waals surface area contributed by atoms with Crippen LogP contribution in [0.2, 0.25) is 0 Å². The Labute approximate surface area is 108 Å². The Bertz CT molecular complexity index is 455. The minimum Gasteiger partial charge on any atom is -0.487 e. The van der Waals surface area contributed by atoms with Gasteiger partial charge in [-0.25, -0.2) is 0 Å². The summed E-state index contributed by atoms with van der Waals surface area (Å²) in [6.45, 7) is 4.20. The number of nitrogens with one attached hydrogen (secondary N) is 1. The summed E-state index contributed by atoms with van der Waals surface area (Å²) in [7, 11) is 3.84. The van der Waals surface area contributed by atoms with Gasteiger partial charge in [-0.15, -0.1) is 0 Å². The van der Waals surface area contributed by atoms with E-state index in [1.54, 1.807) is 0 Å². The molecule has 0 aliphatic carbocycles. The minimum atomic E-state index is -0.0942. The number of ether oxygens (including phenoxy) is 1. The third kappa shape index (κ3) is 2.69. The Morgan fingerprint density at radius 2 is 2.12 bits per heavy atom. The maximum Gasteiger partial charge on any atom is 0.172 e. The third-order valence-electron chi connectivity index (χ3n) is 2.73. The summed E-state index contributed by atoms with van der Waals surface area (Å²) in [4.78, 5) is 1.87. The van der Waals surface area contributed by atoms with Crippen LogP contribution in [-0.4, -0.2) is 29.7 Å². The molecule has 92 valence electrons. The first-order valence-electron chi connectivity index (χ1n) is 5.68. The molecule has 0 radical (unpaired) electrons. The lowest BCUT2D eigenvalue weighted by molar-refractivity contribution is 0.138. The zero-order valence-electron chi connectivity index (χ0n) is 10.7. The van der Waals surface area contributed by atoms with E-state index >= 15 is 0 Å². The summed E-state index contributed by atoms with van der Waals surface area (Å²) in [5, 5.41) is 3.87. The molecule has 0 atom stereocenters. The molecular formula is C13H18N2OS. The third-order valence-corrected chi connectivity index (χ3v) is 3.19. The van der Waals surface area contributed by atoms with Gasteiger partial charge in [-0.2, -0.15) is 0 Å². The van der Waals surface area contributed by atoms with Gasteiger partial charge < -0.3 is 15.0 Å². The monoisotopic (exact) mass is 250 g/mol. The van der Waals surface area contributed by atoms with E-state index < -0.39 is 0 Å². The van der Waals surface area contributed by atoms with Gasteiger partial charge in [0.05, 0.1) is 0 Å². The van der Waals surface area contributed by atoms with E-state index in [2.05, 4.69) is 25.2 Å². The maximum absolute atomic E-state index is 5.88. The predicted molar refractivity (Wildman–Crippen MR) is 74.8 cm³/mol. The molecule has 1 aromatic rings. The van der Waals surface area contributed by atoms with Crippen LogP contribution in [0.25, 0.3) is 0 Å². The molecule has 1 aromatic carbocycles. The Hall–Kier alpha value is -1.29. The van der Waals surface area contributed by atoms with E-state index in [1.165, 1.54) is 5.56 Å². The Balaban J connectivity index is 2.17. The van der Waals surface area contributed by atoms with Crippen LogP contribution >= 0.6 is 12.2 Å². The van der Waals surface area contributed by atoms with Gasteiger partial charge in [-0.05, 0) is 37.7 Å². The molecule has 1 heterocycles. The second kappa shape index (κ2) is 4.18. The average Bonchev–Trinajstić information content (AvgIpc) is 2.50. The zero-order chi connectivity index (χ0) is 12.6. The normalized spacial score (nSPS) is 16.0. The molecule has 0 unspecified atom stereocenters. The summed E-state index contributed by atoms with van der Waals surface area (Å²) < 4.78 is 5.88. The van der Waals surface area contributed by atoms with Crippen LogP contribution in [0.4, 0.5) is 5.69 Å². The van der Waals surface area contributed by atoms with Crippen molar-refractivity contribution < 1.29 is 4.74 Å². The van der Waals surface area contributed by atoms with Gasteiger partial charge in [0.2, 0.25) is 0 Å². The number of fused-ring (bicyclic) bond motifs is 1. The van der Waals surface area contributed by atoms with Crippen molar-refractivity contribution in [3.63, 3.8) is 0 Å². The molecule has 0 bridgehead atoms. The molecule has 0 saturated carbocycles.